The second-order valence-corrected chi connectivity index (χ2v) is 3.53. The number of rotatable bonds is 2. The highest BCUT2D eigenvalue weighted by Gasteiger charge is 2.12. The van der Waals surface area contributed by atoms with Crippen LogP contribution in [-0.4, -0.2) is 34.5 Å². The van der Waals surface area contributed by atoms with Crippen molar-refractivity contribution in [2.45, 2.75) is 13.8 Å². The Hall–Kier alpha value is -1.62. The summed E-state index contributed by atoms with van der Waals surface area (Å²) in [5.41, 5.74) is 1.14. The highest BCUT2D eigenvalue weighted by molar-refractivity contribution is 6.31. The Morgan fingerprint density at radius 2 is 2.19 bits per heavy atom. The first-order valence-corrected chi connectivity index (χ1v) is 4.95. The maximum Gasteiger partial charge on any atom is 0.160 e. The van der Waals surface area contributed by atoms with E-state index in [1.54, 1.807) is 20.9 Å². The summed E-state index contributed by atoms with van der Waals surface area (Å²) in [6.07, 6.45) is 1.52. The molecule has 0 saturated carbocycles. The van der Waals surface area contributed by atoms with Gasteiger partial charge in [-0.3, -0.25) is 9.98 Å². The van der Waals surface area contributed by atoms with Gasteiger partial charge in [0.25, 0.3) is 0 Å². The zero-order valence-corrected chi connectivity index (χ0v) is 10.2. The lowest BCUT2D eigenvalue weighted by atomic mass is 10.3. The molecular formula is C10H13ClN4O. The summed E-state index contributed by atoms with van der Waals surface area (Å²) in [6, 6.07) is 0. The topological polar surface area (TPSA) is 62.8 Å². The summed E-state index contributed by atoms with van der Waals surface area (Å²) < 4.78 is 1.50. The van der Waals surface area contributed by atoms with Gasteiger partial charge in [0.15, 0.2) is 11.6 Å². The largest absolute Gasteiger partial charge is 0.504 e. The zero-order chi connectivity index (χ0) is 12.3. The second-order valence-electron chi connectivity index (χ2n) is 3.14. The van der Waals surface area contributed by atoms with Crippen molar-refractivity contribution in [2.24, 2.45) is 9.98 Å². The van der Waals surface area contributed by atoms with Crippen molar-refractivity contribution in [2.75, 3.05) is 7.05 Å². The van der Waals surface area contributed by atoms with Crippen molar-refractivity contribution in [3.05, 3.63) is 22.6 Å². The summed E-state index contributed by atoms with van der Waals surface area (Å²) in [5.74, 6) is 0.635. The van der Waals surface area contributed by atoms with Gasteiger partial charge in [-0.1, -0.05) is 11.6 Å². The molecule has 0 bridgehead atoms. The van der Waals surface area contributed by atoms with Gasteiger partial charge in [0.1, 0.15) is 10.9 Å². The lowest BCUT2D eigenvalue weighted by molar-refractivity contribution is 0.467. The number of aliphatic imine (C=N–C) groups is 2. The van der Waals surface area contributed by atoms with Crippen LogP contribution in [0.3, 0.4) is 0 Å². The fourth-order valence-electron chi connectivity index (χ4n) is 1.23. The summed E-state index contributed by atoms with van der Waals surface area (Å²) in [5, 5.41) is 14.0. The van der Waals surface area contributed by atoms with E-state index in [1.807, 2.05) is 0 Å². The minimum absolute atomic E-state index is 0.150. The molecule has 1 aromatic rings. The van der Waals surface area contributed by atoms with Crippen LogP contribution in [0.2, 0.25) is 0 Å². The average molecular weight is 241 g/mol. The molecule has 0 amide bonds. The molecule has 0 atom stereocenters. The van der Waals surface area contributed by atoms with E-state index < -0.39 is 0 Å². The molecule has 0 unspecified atom stereocenters. The van der Waals surface area contributed by atoms with Crippen LogP contribution in [0, 0.1) is 13.8 Å². The van der Waals surface area contributed by atoms with Crippen molar-refractivity contribution in [3.8, 4) is 5.75 Å². The number of allylic oxidation sites excluding steroid dienone is 1. The Kier molecular flexibility index (Phi) is 3.84. The molecule has 16 heavy (non-hydrogen) atoms. The van der Waals surface area contributed by atoms with Crippen molar-refractivity contribution >= 4 is 24.2 Å². The van der Waals surface area contributed by atoms with Crippen LogP contribution in [0.25, 0.3) is 0 Å². The Morgan fingerprint density at radius 3 is 2.56 bits per heavy atom. The Bertz CT molecular complexity index is 473. The summed E-state index contributed by atoms with van der Waals surface area (Å²) in [4.78, 5) is 7.57. The number of hydrogen-bond donors (Lipinski definition) is 1. The number of aromatic hydroxyl groups is 1. The first kappa shape index (κ1) is 12.4. The molecule has 1 heterocycles. The summed E-state index contributed by atoms with van der Waals surface area (Å²) in [6.45, 7) is 6.75. The Morgan fingerprint density at radius 1 is 1.56 bits per heavy atom. The molecule has 0 aliphatic heterocycles. The van der Waals surface area contributed by atoms with Crippen molar-refractivity contribution in [3.63, 3.8) is 0 Å². The van der Waals surface area contributed by atoms with Gasteiger partial charge in [0, 0.05) is 13.1 Å². The number of hydrogen-bond acceptors (Lipinski definition) is 4. The number of aromatic nitrogens is 2. The lowest BCUT2D eigenvalue weighted by Crippen LogP contribution is -2.13. The molecule has 1 N–H and O–H groups in total. The first-order chi connectivity index (χ1) is 7.51. The van der Waals surface area contributed by atoms with Gasteiger partial charge in [0.05, 0.1) is 5.69 Å². The number of halogens is 1. The smallest absolute Gasteiger partial charge is 0.160 e. The van der Waals surface area contributed by atoms with Crippen LogP contribution in [0.1, 0.15) is 11.4 Å². The lowest BCUT2D eigenvalue weighted by Gasteiger charge is -2.02. The van der Waals surface area contributed by atoms with E-state index in [0.717, 1.165) is 0 Å². The summed E-state index contributed by atoms with van der Waals surface area (Å²) >= 11 is 5.74. The third-order valence-electron chi connectivity index (χ3n) is 2.10. The molecule has 0 aliphatic carbocycles. The quantitative estimate of drug-likeness (QED) is 0.487. The van der Waals surface area contributed by atoms with Crippen LogP contribution < -0.4 is 0 Å². The molecule has 0 aliphatic rings. The minimum atomic E-state index is 0.150. The van der Waals surface area contributed by atoms with Crippen molar-refractivity contribution < 1.29 is 5.11 Å². The van der Waals surface area contributed by atoms with Crippen LogP contribution in [-0.2, 0) is 0 Å². The normalized spacial score (nSPS) is 13.0. The van der Waals surface area contributed by atoms with E-state index >= 15 is 0 Å². The predicted molar refractivity (Wildman–Crippen MR) is 65.6 cm³/mol. The van der Waals surface area contributed by atoms with E-state index in [-0.39, 0.29) is 10.9 Å². The van der Waals surface area contributed by atoms with Crippen LogP contribution >= 0.6 is 11.6 Å². The van der Waals surface area contributed by atoms with E-state index in [0.29, 0.717) is 17.2 Å². The third-order valence-corrected chi connectivity index (χ3v) is 2.33. The second kappa shape index (κ2) is 4.94. The fraction of sp³-hybridized carbons (Fsp3) is 0.300. The van der Waals surface area contributed by atoms with Gasteiger partial charge < -0.3 is 5.11 Å². The monoisotopic (exact) mass is 240 g/mol. The highest BCUT2D eigenvalue weighted by atomic mass is 35.5. The highest BCUT2D eigenvalue weighted by Crippen LogP contribution is 2.20. The zero-order valence-electron chi connectivity index (χ0n) is 9.40. The molecule has 0 fully saturated rings. The van der Waals surface area contributed by atoms with Gasteiger partial charge in [-0.25, -0.2) is 4.68 Å². The van der Waals surface area contributed by atoms with E-state index in [4.69, 9.17) is 11.6 Å². The molecule has 86 valence electrons. The molecule has 0 spiro atoms. The van der Waals surface area contributed by atoms with Crippen LogP contribution in [0.4, 0.5) is 0 Å². The fourth-order valence-corrected chi connectivity index (χ4v) is 1.33. The molecule has 0 radical (unpaired) electrons. The molecule has 0 saturated heterocycles. The van der Waals surface area contributed by atoms with Gasteiger partial charge in [-0.05, 0) is 20.6 Å². The predicted octanol–water partition coefficient (Wildman–Crippen LogP) is 1.86. The SMILES string of the molecule is C=N/C(Cl)=C\C(=NC)n1nc(C)c(O)c1C. The summed E-state index contributed by atoms with van der Waals surface area (Å²) in [7, 11) is 1.60. The van der Waals surface area contributed by atoms with E-state index in [2.05, 4.69) is 21.8 Å². The number of nitrogens with zero attached hydrogens (tertiary/aromatic N) is 4. The molecule has 1 rings (SSSR count). The van der Waals surface area contributed by atoms with Crippen LogP contribution in [0.15, 0.2) is 21.2 Å². The van der Waals surface area contributed by atoms with Gasteiger partial charge >= 0.3 is 0 Å². The minimum Gasteiger partial charge on any atom is -0.504 e. The van der Waals surface area contributed by atoms with E-state index in [9.17, 15) is 5.11 Å². The van der Waals surface area contributed by atoms with Gasteiger partial charge in [-0.15, -0.1) is 0 Å². The average Bonchev–Trinajstić information content (AvgIpc) is 2.53. The third kappa shape index (κ3) is 2.30. The van der Waals surface area contributed by atoms with Crippen molar-refractivity contribution in [1.29, 1.82) is 0 Å². The molecular weight excluding hydrogens is 228 g/mol. The Labute approximate surface area is 98.8 Å². The molecule has 6 heteroatoms. The van der Waals surface area contributed by atoms with Gasteiger partial charge in [0.2, 0.25) is 0 Å². The molecule has 5 nitrogen and oxygen atoms in total. The Balaban J connectivity index is 3.26. The van der Waals surface area contributed by atoms with Crippen LogP contribution in [0.5, 0.6) is 5.75 Å². The van der Waals surface area contributed by atoms with Gasteiger partial charge in [-0.2, -0.15) is 5.10 Å². The molecule has 0 aromatic carbocycles. The first-order valence-electron chi connectivity index (χ1n) is 4.57. The van der Waals surface area contributed by atoms with E-state index in [1.165, 1.54) is 10.8 Å². The number of aryl methyl sites for hydroxylation is 1. The van der Waals surface area contributed by atoms with Crippen molar-refractivity contribution in [1.82, 2.24) is 9.78 Å². The maximum absolute atomic E-state index is 9.64. The standard InChI is InChI=1S/C10H13ClN4O/c1-6-10(16)7(2)15(14-6)9(13-4)5-8(11)12-3/h5,16H,3H2,1-2,4H3/b8-5-,13-9?. The molecule has 1 aromatic heterocycles. The maximum atomic E-state index is 9.64.